The summed E-state index contributed by atoms with van der Waals surface area (Å²) in [7, 11) is 0. The fourth-order valence-corrected chi connectivity index (χ4v) is 4.20. The van der Waals surface area contributed by atoms with Gasteiger partial charge in [0.2, 0.25) is 5.91 Å². The fourth-order valence-electron chi connectivity index (χ4n) is 3.20. The number of fused-ring (bicyclic) bond motifs is 1. The van der Waals surface area contributed by atoms with Gasteiger partial charge in [0.1, 0.15) is 17.2 Å². The molecule has 0 saturated heterocycles. The molecular formula is C23H22N4O2S. The molecule has 4 rings (SSSR count). The first-order valence-corrected chi connectivity index (χ1v) is 10.6. The highest BCUT2D eigenvalue weighted by Crippen LogP contribution is 2.22. The van der Waals surface area contributed by atoms with Crippen molar-refractivity contribution in [3.8, 4) is 0 Å². The van der Waals surface area contributed by atoms with E-state index in [1.165, 1.54) is 15.9 Å². The summed E-state index contributed by atoms with van der Waals surface area (Å²) in [6.45, 7) is 3.72. The molecule has 0 aliphatic rings. The summed E-state index contributed by atoms with van der Waals surface area (Å²) >= 11 is 1.53. The molecule has 1 amide bonds. The van der Waals surface area contributed by atoms with E-state index in [9.17, 15) is 9.59 Å². The summed E-state index contributed by atoms with van der Waals surface area (Å²) in [5, 5.41) is 6.72. The van der Waals surface area contributed by atoms with E-state index in [0.717, 1.165) is 27.5 Å². The van der Waals surface area contributed by atoms with Gasteiger partial charge in [-0.15, -0.1) is 11.3 Å². The summed E-state index contributed by atoms with van der Waals surface area (Å²) in [4.78, 5) is 31.7. The number of carbonyl (C=O) groups excluding carboxylic acids is 1. The number of amides is 1. The zero-order chi connectivity index (χ0) is 21.1. The Hall–Kier alpha value is -3.45. The predicted molar refractivity (Wildman–Crippen MR) is 123 cm³/mol. The van der Waals surface area contributed by atoms with Crippen LogP contribution in [0.1, 0.15) is 17.6 Å². The smallest absolute Gasteiger partial charge is 0.262 e. The Kier molecular flexibility index (Phi) is 5.63. The lowest BCUT2D eigenvalue weighted by Gasteiger charge is -2.11. The van der Waals surface area contributed by atoms with Crippen molar-refractivity contribution in [2.24, 2.45) is 0 Å². The summed E-state index contributed by atoms with van der Waals surface area (Å²) in [6, 6.07) is 19.2. The van der Waals surface area contributed by atoms with Crippen molar-refractivity contribution in [1.82, 2.24) is 9.55 Å². The van der Waals surface area contributed by atoms with Crippen LogP contribution in [-0.4, -0.2) is 15.5 Å². The molecular weight excluding hydrogens is 396 g/mol. The van der Waals surface area contributed by atoms with E-state index < -0.39 is 0 Å². The minimum Gasteiger partial charge on any atom is -0.356 e. The summed E-state index contributed by atoms with van der Waals surface area (Å²) < 4.78 is 1.43. The molecule has 2 heterocycles. The lowest BCUT2D eigenvalue weighted by Crippen LogP contribution is -2.29. The normalized spacial score (nSPS) is 10.9. The third kappa shape index (κ3) is 4.26. The summed E-state index contributed by atoms with van der Waals surface area (Å²) in [5.74, 6) is 0.269. The van der Waals surface area contributed by atoms with Crippen LogP contribution in [0.15, 0.2) is 65.5 Å². The Morgan fingerprint density at radius 3 is 2.40 bits per heavy atom. The van der Waals surface area contributed by atoms with Crippen molar-refractivity contribution in [2.75, 3.05) is 10.6 Å². The maximum Gasteiger partial charge on any atom is 0.262 e. The molecule has 152 valence electrons. The Morgan fingerprint density at radius 2 is 1.70 bits per heavy atom. The first-order chi connectivity index (χ1) is 14.5. The Bertz CT molecular complexity index is 1240. The van der Waals surface area contributed by atoms with Crippen molar-refractivity contribution in [2.45, 2.75) is 26.8 Å². The lowest BCUT2D eigenvalue weighted by molar-refractivity contribution is -0.116. The largest absolute Gasteiger partial charge is 0.356 e. The molecule has 7 heteroatoms. The standard InChI is InChI=1S/C23H22N4O2S/c1-3-19-13-20-22(30-19)24-15(2)27(23(20)29)14-21(28)26-18-11-9-17(10-12-18)25-16-7-5-4-6-8-16/h4-13,25H,3,14H2,1-2H3,(H,26,28). The third-order valence-corrected chi connectivity index (χ3v) is 5.95. The lowest BCUT2D eigenvalue weighted by atomic mass is 10.2. The second kappa shape index (κ2) is 8.51. The van der Waals surface area contributed by atoms with Crippen LogP contribution in [0.5, 0.6) is 0 Å². The topological polar surface area (TPSA) is 76.0 Å². The highest BCUT2D eigenvalue weighted by Gasteiger charge is 2.14. The van der Waals surface area contributed by atoms with Gasteiger partial charge in [0.05, 0.1) is 5.39 Å². The van der Waals surface area contributed by atoms with Crippen molar-refractivity contribution in [3.63, 3.8) is 0 Å². The molecule has 0 aliphatic heterocycles. The van der Waals surface area contributed by atoms with E-state index in [2.05, 4.69) is 15.6 Å². The maximum absolute atomic E-state index is 12.8. The Balaban J connectivity index is 1.46. The number of nitrogens with zero attached hydrogens (tertiary/aromatic N) is 2. The first kappa shape index (κ1) is 19.8. The van der Waals surface area contributed by atoms with Crippen LogP contribution in [0, 0.1) is 6.92 Å². The average Bonchev–Trinajstić information content (AvgIpc) is 3.16. The molecule has 0 spiro atoms. The van der Waals surface area contributed by atoms with Crippen LogP contribution < -0.4 is 16.2 Å². The fraction of sp³-hybridized carbons (Fsp3) is 0.174. The van der Waals surface area contributed by atoms with E-state index in [1.807, 2.05) is 67.6 Å². The second-order valence-corrected chi connectivity index (χ2v) is 8.07. The molecule has 6 nitrogen and oxygen atoms in total. The zero-order valence-corrected chi connectivity index (χ0v) is 17.6. The molecule has 0 aliphatic carbocycles. The maximum atomic E-state index is 12.8. The second-order valence-electron chi connectivity index (χ2n) is 6.95. The van der Waals surface area contributed by atoms with Gasteiger partial charge in [0.15, 0.2) is 0 Å². The van der Waals surface area contributed by atoms with E-state index in [1.54, 1.807) is 6.92 Å². The van der Waals surface area contributed by atoms with Gasteiger partial charge in [-0.2, -0.15) is 0 Å². The highest BCUT2D eigenvalue weighted by atomic mass is 32.1. The molecule has 30 heavy (non-hydrogen) atoms. The number of hydrogen-bond acceptors (Lipinski definition) is 5. The number of anilines is 3. The summed E-state index contributed by atoms with van der Waals surface area (Å²) in [6.07, 6.45) is 0.856. The van der Waals surface area contributed by atoms with Crippen molar-refractivity contribution in [3.05, 3.63) is 81.7 Å². The Labute approximate surface area is 178 Å². The number of hydrogen-bond donors (Lipinski definition) is 2. The minimum atomic E-state index is -0.268. The highest BCUT2D eigenvalue weighted by molar-refractivity contribution is 7.18. The SMILES string of the molecule is CCc1cc2c(=O)n(CC(=O)Nc3ccc(Nc4ccccc4)cc3)c(C)nc2s1. The van der Waals surface area contributed by atoms with Gasteiger partial charge in [-0.3, -0.25) is 14.2 Å². The number of rotatable bonds is 6. The van der Waals surface area contributed by atoms with Crippen LogP contribution in [0.4, 0.5) is 17.1 Å². The molecule has 4 aromatic rings. The number of para-hydroxylation sites is 1. The molecule has 0 saturated carbocycles. The van der Waals surface area contributed by atoms with Gasteiger partial charge in [-0.25, -0.2) is 4.98 Å². The van der Waals surface area contributed by atoms with Crippen LogP contribution >= 0.6 is 11.3 Å². The van der Waals surface area contributed by atoms with Crippen LogP contribution in [0.3, 0.4) is 0 Å². The van der Waals surface area contributed by atoms with Gasteiger partial charge >= 0.3 is 0 Å². The molecule has 0 fully saturated rings. The number of aromatic nitrogens is 2. The number of nitrogens with one attached hydrogen (secondary N) is 2. The number of aryl methyl sites for hydroxylation is 2. The molecule has 0 atom stereocenters. The Morgan fingerprint density at radius 1 is 1.03 bits per heavy atom. The molecule has 0 unspecified atom stereocenters. The van der Waals surface area contributed by atoms with Crippen LogP contribution in [0.2, 0.25) is 0 Å². The molecule has 0 bridgehead atoms. The van der Waals surface area contributed by atoms with Gasteiger partial charge in [0, 0.05) is 21.9 Å². The summed E-state index contributed by atoms with van der Waals surface area (Å²) in [5.41, 5.74) is 2.41. The third-order valence-electron chi connectivity index (χ3n) is 4.77. The zero-order valence-electron chi connectivity index (χ0n) is 16.8. The molecule has 2 aromatic carbocycles. The van der Waals surface area contributed by atoms with Gasteiger partial charge in [-0.1, -0.05) is 25.1 Å². The number of carbonyl (C=O) groups is 1. The van der Waals surface area contributed by atoms with E-state index in [-0.39, 0.29) is 18.0 Å². The molecule has 2 aromatic heterocycles. The van der Waals surface area contributed by atoms with Crippen LogP contribution in [-0.2, 0) is 17.8 Å². The minimum absolute atomic E-state index is 0.0745. The van der Waals surface area contributed by atoms with E-state index in [0.29, 0.717) is 16.9 Å². The average molecular weight is 419 g/mol. The molecule has 0 radical (unpaired) electrons. The van der Waals surface area contributed by atoms with Crippen molar-refractivity contribution >= 4 is 44.5 Å². The van der Waals surface area contributed by atoms with E-state index >= 15 is 0 Å². The van der Waals surface area contributed by atoms with Gasteiger partial charge in [0.25, 0.3) is 5.56 Å². The van der Waals surface area contributed by atoms with Crippen molar-refractivity contribution in [1.29, 1.82) is 0 Å². The monoisotopic (exact) mass is 418 g/mol. The number of thiophene rings is 1. The quantitative estimate of drug-likeness (QED) is 0.475. The first-order valence-electron chi connectivity index (χ1n) is 9.75. The van der Waals surface area contributed by atoms with Gasteiger partial charge < -0.3 is 10.6 Å². The van der Waals surface area contributed by atoms with E-state index in [4.69, 9.17) is 0 Å². The number of benzene rings is 2. The van der Waals surface area contributed by atoms with Gasteiger partial charge in [-0.05, 0) is 55.8 Å². The predicted octanol–water partition coefficient (Wildman–Crippen LogP) is 4.71. The van der Waals surface area contributed by atoms with Crippen LogP contribution in [0.25, 0.3) is 10.2 Å². The van der Waals surface area contributed by atoms with Crippen molar-refractivity contribution < 1.29 is 4.79 Å². The molecule has 2 N–H and O–H groups in total.